The Balaban J connectivity index is 2.57. The highest BCUT2D eigenvalue weighted by Crippen LogP contribution is 2.62. The maximum Gasteiger partial charge on any atom is 0.357 e. The van der Waals surface area contributed by atoms with Crippen LogP contribution in [0.5, 0.6) is 0 Å². The highest BCUT2D eigenvalue weighted by molar-refractivity contribution is 7.54. The van der Waals surface area contributed by atoms with Crippen LogP contribution in [-0.4, -0.2) is 17.1 Å². The van der Waals surface area contributed by atoms with Gasteiger partial charge in [-0.1, -0.05) is 18.2 Å². The number of nitrogens with one attached hydrogen (secondary N) is 1. The van der Waals surface area contributed by atoms with Gasteiger partial charge in [0.05, 0.1) is 17.1 Å². The Bertz CT molecular complexity index is 861. The lowest BCUT2D eigenvalue weighted by Crippen LogP contribution is -2.19. The SMILES string of the molecule is CC(C)OP(=O)(OC(C)C)C(Nc1cccc(F)c1)c1cccc([N+](=O)[O-])c1. The van der Waals surface area contributed by atoms with Crippen LogP contribution in [0.1, 0.15) is 39.0 Å². The fourth-order valence-corrected chi connectivity index (χ4v) is 4.93. The number of halogens is 1. The van der Waals surface area contributed by atoms with Crippen LogP contribution in [0.3, 0.4) is 0 Å². The molecule has 2 aromatic carbocycles. The molecule has 0 aromatic heterocycles. The standard InChI is InChI=1S/C19H24FN2O5P/c1-13(2)26-28(25,27-14(3)4)19(21-17-9-6-8-16(20)12-17)15-7-5-10-18(11-15)22(23)24/h5-14,19,21H,1-4H3. The number of nitro groups is 1. The van der Waals surface area contributed by atoms with Gasteiger partial charge >= 0.3 is 7.60 Å². The minimum absolute atomic E-state index is 0.163. The highest BCUT2D eigenvalue weighted by Gasteiger charge is 2.40. The second kappa shape index (κ2) is 9.28. The first-order chi connectivity index (χ1) is 13.1. The van der Waals surface area contributed by atoms with E-state index >= 15 is 0 Å². The number of rotatable bonds is 9. The first-order valence-corrected chi connectivity index (χ1v) is 10.4. The summed E-state index contributed by atoms with van der Waals surface area (Å²) in [4.78, 5) is 10.6. The van der Waals surface area contributed by atoms with E-state index in [1.807, 2.05) is 0 Å². The Morgan fingerprint density at radius 1 is 1.04 bits per heavy atom. The maximum atomic E-state index is 13.7. The average molecular weight is 410 g/mol. The average Bonchev–Trinajstić information content (AvgIpc) is 2.58. The third kappa shape index (κ3) is 5.86. The molecule has 152 valence electrons. The zero-order valence-electron chi connectivity index (χ0n) is 16.2. The summed E-state index contributed by atoms with van der Waals surface area (Å²) in [5, 5.41) is 14.2. The molecule has 1 N–H and O–H groups in total. The summed E-state index contributed by atoms with van der Waals surface area (Å²) in [7, 11) is -3.85. The second-order valence-corrected chi connectivity index (χ2v) is 8.78. The van der Waals surface area contributed by atoms with E-state index in [9.17, 15) is 19.1 Å². The van der Waals surface area contributed by atoms with E-state index in [2.05, 4.69) is 5.32 Å². The first-order valence-electron chi connectivity index (χ1n) is 8.83. The summed E-state index contributed by atoms with van der Waals surface area (Å²) in [5.41, 5.74) is 0.517. The maximum absolute atomic E-state index is 13.7. The molecule has 0 aliphatic heterocycles. The summed E-state index contributed by atoms with van der Waals surface area (Å²) in [6, 6.07) is 11.3. The fraction of sp³-hybridized carbons (Fsp3) is 0.368. The molecule has 0 heterocycles. The predicted molar refractivity (Wildman–Crippen MR) is 106 cm³/mol. The summed E-state index contributed by atoms with van der Waals surface area (Å²) < 4.78 is 38.7. The summed E-state index contributed by atoms with van der Waals surface area (Å²) in [5.74, 6) is -1.55. The molecule has 0 aliphatic carbocycles. The number of benzene rings is 2. The molecule has 0 spiro atoms. The predicted octanol–water partition coefficient (Wildman–Crippen LogP) is 5.89. The molecule has 0 bridgehead atoms. The molecule has 1 atom stereocenters. The molecule has 28 heavy (non-hydrogen) atoms. The van der Waals surface area contributed by atoms with Gasteiger partial charge < -0.3 is 14.4 Å². The summed E-state index contributed by atoms with van der Waals surface area (Å²) in [6.07, 6.45) is -0.861. The van der Waals surface area contributed by atoms with Crippen molar-refractivity contribution < 1.29 is 22.9 Å². The Morgan fingerprint density at radius 2 is 1.64 bits per heavy atom. The molecule has 0 saturated heterocycles. The first kappa shape index (κ1) is 22.0. The van der Waals surface area contributed by atoms with Crippen LogP contribution in [0.2, 0.25) is 0 Å². The number of non-ortho nitro benzene ring substituents is 1. The molecule has 0 saturated carbocycles. The Hall–Kier alpha value is -2.28. The van der Waals surface area contributed by atoms with E-state index in [0.29, 0.717) is 11.3 Å². The smallest absolute Gasteiger partial charge is 0.357 e. The van der Waals surface area contributed by atoms with E-state index in [1.165, 1.54) is 36.4 Å². The third-order valence-corrected chi connectivity index (χ3v) is 6.05. The van der Waals surface area contributed by atoms with Crippen LogP contribution in [0.25, 0.3) is 0 Å². The quantitative estimate of drug-likeness (QED) is 0.315. The molecule has 0 fully saturated rings. The van der Waals surface area contributed by atoms with Gasteiger partial charge in [0.15, 0.2) is 5.78 Å². The summed E-state index contributed by atoms with van der Waals surface area (Å²) >= 11 is 0. The molecule has 0 amide bonds. The number of hydrogen-bond donors (Lipinski definition) is 1. The van der Waals surface area contributed by atoms with Gasteiger partial charge in [-0.05, 0) is 51.5 Å². The topological polar surface area (TPSA) is 90.7 Å². The van der Waals surface area contributed by atoms with Crippen molar-refractivity contribution in [3.05, 3.63) is 70.0 Å². The molecule has 0 radical (unpaired) electrons. The van der Waals surface area contributed by atoms with Crippen molar-refractivity contribution in [3.63, 3.8) is 0 Å². The highest BCUT2D eigenvalue weighted by atomic mass is 31.2. The van der Waals surface area contributed by atoms with Crippen LogP contribution in [0, 0.1) is 15.9 Å². The summed E-state index contributed by atoms with van der Waals surface area (Å²) in [6.45, 7) is 6.85. The molecule has 2 aromatic rings. The lowest BCUT2D eigenvalue weighted by molar-refractivity contribution is -0.384. The monoisotopic (exact) mass is 410 g/mol. The molecule has 2 rings (SSSR count). The fourth-order valence-electron chi connectivity index (χ4n) is 2.62. The van der Waals surface area contributed by atoms with Crippen LogP contribution in [-0.2, 0) is 13.6 Å². The van der Waals surface area contributed by atoms with Crippen LogP contribution >= 0.6 is 7.60 Å². The Labute approximate surface area is 163 Å². The van der Waals surface area contributed by atoms with Gasteiger partial charge in [0.25, 0.3) is 5.69 Å². The zero-order chi connectivity index (χ0) is 20.9. The Kier molecular flexibility index (Phi) is 7.29. The van der Waals surface area contributed by atoms with Crippen molar-refractivity contribution in [2.45, 2.75) is 45.7 Å². The number of anilines is 1. The number of nitro benzene ring substituents is 1. The number of nitrogens with zero attached hydrogens (tertiary/aromatic N) is 1. The number of hydrogen-bond acceptors (Lipinski definition) is 6. The van der Waals surface area contributed by atoms with Gasteiger partial charge in [-0.25, -0.2) is 4.39 Å². The van der Waals surface area contributed by atoms with Crippen molar-refractivity contribution >= 4 is 19.0 Å². The van der Waals surface area contributed by atoms with Crippen molar-refractivity contribution in [2.24, 2.45) is 0 Å². The lowest BCUT2D eigenvalue weighted by Gasteiger charge is -2.31. The van der Waals surface area contributed by atoms with Crippen LogP contribution in [0.15, 0.2) is 48.5 Å². The van der Waals surface area contributed by atoms with E-state index in [1.54, 1.807) is 39.8 Å². The van der Waals surface area contributed by atoms with Gasteiger partial charge in [0.1, 0.15) is 5.82 Å². The van der Waals surface area contributed by atoms with Gasteiger partial charge in [-0.2, -0.15) is 0 Å². The third-order valence-electron chi connectivity index (χ3n) is 3.56. The molecular weight excluding hydrogens is 386 g/mol. The minimum Gasteiger partial charge on any atom is -0.368 e. The van der Waals surface area contributed by atoms with Crippen molar-refractivity contribution in [1.29, 1.82) is 0 Å². The van der Waals surface area contributed by atoms with Gasteiger partial charge in [-0.15, -0.1) is 0 Å². The largest absolute Gasteiger partial charge is 0.368 e. The van der Waals surface area contributed by atoms with E-state index in [-0.39, 0.29) is 5.69 Å². The molecule has 7 nitrogen and oxygen atoms in total. The lowest BCUT2D eigenvalue weighted by atomic mass is 10.2. The zero-order valence-corrected chi connectivity index (χ0v) is 17.1. The van der Waals surface area contributed by atoms with E-state index in [0.717, 1.165) is 0 Å². The van der Waals surface area contributed by atoms with E-state index in [4.69, 9.17) is 9.05 Å². The van der Waals surface area contributed by atoms with E-state index < -0.39 is 36.3 Å². The molecular formula is C19H24FN2O5P. The van der Waals surface area contributed by atoms with Crippen molar-refractivity contribution in [3.8, 4) is 0 Å². The molecule has 0 aliphatic rings. The van der Waals surface area contributed by atoms with Gasteiger partial charge in [0, 0.05) is 17.8 Å². The van der Waals surface area contributed by atoms with Crippen molar-refractivity contribution in [1.82, 2.24) is 0 Å². The van der Waals surface area contributed by atoms with Gasteiger partial charge in [-0.3, -0.25) is 14.7 Å². The second-order valence-electron chi connectivity index (χ2n) is 6.76. The molecule has 1 unspecified atom stereocenters. The van der Waals surface area contributed by atoms with Crippen LogP contribution < -0.4 is 5.32 Å². The Morgan fingerprint density at radius 3 is 2.18 bits per heavy atom. The van der Waals surface area contributed by atoms with Crippen LogP contribution in [0.4, 0.5) is 15.8 Å². The minimum atomic E-state index is -3.85. The normalized spacial score (nSPS) is 13.0. The van der Waals surface area contributed by atoms with Crippen molar-refractivity contribution in [2.75, 3.05) is 5.32 Å². The van der Waals surface area contributed by atoms with Gasteiger partial charge in [0.2, 0.25) is 0 Å². The molecule has 9 heteroatoms.